The molecule has 0 aliphatic heterocycles. The van der Waals surface area contributed by atoms with Crippen LogP contribution in [0.25, 0.3) is 0 Å². The summed E-state index contributed by atoms with van der Waals surface area (Å²) >= 11 is 0. The standard InChI is InChI=1S/C12H18N2O3/c1-3-6-9(12(16)17)13-11(15)10-7-5-8-14(10)4-2/h5,7-9H,3-4,6H2,1-2H3,(H,13,15)(H,16,17). The summed E-state index contributed by atoms with van der Waals surface area (Å²) in [4.78, 5) is 22.8. The van der Waals surface area contributed by atoms with E-state index in [-0.39, 0.29) is 5.91 Å². The highest BCUT2D eigenvalue weighted by atomic mass is 16.4. The minimum absolute atomic E-state index is 0.335. The topological polar surface area (TPSA) is 71.3 Å². The second kappa shape index (κ2) is 6.08. The van der Waals surface area contributed by atoms with Crippen molar-refractivity contribution in [3.05, 3.63) is 24.0 Å². The van der Waals surface area contributed by atoms with Gasteiger partial charge in [0.25, 0.3) is 5.91 Å². The summed E-state index contributed by atoms with van der Waals surface area (Å²) < 4.78 is 1.78. The number of hydrogen-bond donors (Lipinski definition) is 2. The largest absolute Gasteiger partial charge is 0.480 e. The molecular formula is C12H18N2O3. The summed E-state index contributed by atoms with van der Waals surface area (Å²) in [6.07, 6.45) is 2.95. The fourth-order valence-electron chi connectivity index (χ4n) is 1.67. The quantitative estimate of drug-likeness (QED) is 0.788. The molecular weight excluding hydrogens is 220 g/mol. The lowest BCUT2D eigenvalue weighted by atomic mass is 10.1. The zero-order chi connectivity index (χ0) is 12.8. The molecule has 0 saturated heterocycles. The molecule has 0 spiro atoms. The van der Waals surface area contributed by atoms with E-state index < -0.39 is 12.0 Å². The van der Waals surface area contributed by atoms with Gasteiger partial charge in [0.2, 0.25) is 0 Å². The van der Waals surface area contributed by atoms with Gasteiger partial charge in [0.05, 0.1) is 0 Å². The molecule has 1 heterocycles. The SMILES string of the molecule is CCCC(NC(=O)c1cccn1CC)C(=O)O. The second-order valence-electron chi connectivity index (χ2n) is 3.83. The first-order valence-corrected chi connectivity index (χ1v) is 5.79. The highest BCUT2D eigenvalue weighted by Gasteiger charge is 2.20. The van der Waals surface area contributed by atoms with Crippen molar-refractivity contribution in [3.63, 3.8) is 0 Å². The lowest BCUT2D eigenvalue weighted by Crippen LogP contribution is -2.41. The van der Waals surface area contributed by atoms with E-state index in [1.54, 1.807) is 22.9 Å². The van der Waals surface area contributed by atoms with Crippen molar-refractivity contribution in [1.29, 1.82) is 0 Å². The van der Waals surface area contributed by atoms with Crippen molar-refractivity contribution in [1.82, 2.24) is 9.88 Å². The molecule has 0 aliphatic rings. The fraction of sp³-hybridized carbons (Fsp3) is 0.500. The number of hydrogen-bond acceptors (Lipinski definition) is 2. The number of rotatable bonds is 6. The predicted molar refractivity (Wildman–Crippen MR) is 63.9 cm³/mol. The van der Waals surface area contributed by atoms with E-state index in [0.717, 1.165) is 0 Å². The minimum Gasteiger partial charge on any atom is -0.480 e. The van der Waals surface area contributed by atoms with E-state index >= 15 is 0 Å². The first kappa shape index (κ1) is 13.3. The Hall–Kier alpha value is -1.78. The Kier molecular flexibility index (Phi) is 4.75. The van der Waals surface area contributed by atoms with Gasteiger partial charge in [-0.05, 0) is 25.5 Å². The van der Waals surface area contributed by atoms with Crippen LogP contribution in [0.15, 0.2) is 18.3 Å². The number of carbonyl (C=O) groups is 2. The minimum atomic E-state index is -0.991. The average molecular weight is 238 g/mol. The van der Waals surface area contributed by atoms with Crippen LogP contribution in [0.2, 0.25) is 0 Å². The Morgan fingerprint density at radius 3 is 2.71 bits per heavy atom. The first-order chi connectivity index (χ1) is 8.10. The Bertz CT molecular complexity index is 398. The number of aryl methyl sites for hydroxylation is 1. The Labute approximate surface area is 100 Å². The third kappa shape index (κ3) is 3.34. The monoisotopic (exact) mass is 238 g/mol. The van der Waals surface area contributed by atoms with Crippen LogP contribution in [0.5, 0.6) is 0 Å². The summed E-state index contributed by atoms with van der Waals surface area (Å²) in [6, 6.07) is 2.64. The highest BCUT2D eigenvalue weighted by molar-refractivity contribution is 5.95. The van der Waals surface area contributed by atoms with Crippen molar-refractivity contribution >= 4 is 11.9 Å². The van der Waals surface area contributed by atoms with Gasteiger partial charge in [-0.3, -0.25) is 4.79 Å². The number of nitrogens with zero attached hydrogens (tertiary/aromatic N) is 1. The number of nitrogens with one attached hydrogen (secondary N) is 1. The van der Waals surface area contributed by atoms with E-state index in [0.29, 0.717) is 25.1 Å². The number of aromatic nitrogens is 1. The summed E-state index contributed by atoms with van der Waals surface area (Å²) in [5, 5.41) is 11.5. The molecule has 5 heteroatoms. The van der Waals surface area contributed by atoms with Gasteiger partial charge in [-0.15, -0.1) is 0 Å². The highest BCUT2D eigenvalue weighted by Crippen LogP contribution is 2.04. The van der Waals surface area contributed by atoms with E-state index in [1.807, 2.05) is 13.8 Å². The van der Waals surface area contributed by atoms with Crippen molar-refractivity contribution in [2.45, 2.75) is 39.3 Å². The molecule has 5 nitrogen and oxygen atoms in total. The summed E-state index contributed by atoms with van der Waals surface area (Å²) in [5.74, 6) is -1.33. The van der Waals surface area contributed by atoms with Crippen molar-refractivity contribution in [2.75, 3.05) is 0 Å². The molecule has 1 amide bonds. The molecule has 1 rings (SSSR count). The van der Waals surface area contributed by atoms with E-state index in [4.69, 9.17) is 5.11 Å². The molecule has 1 atom stereocenters. The average Bonchev–Trinajstić information content (AvgIpc) is 2.76. The number of carbonyl (C=O) groups excluding carboxylic acids is 1. The molecule has 0 radical (unpaired) electrons. The molecule has 17 heavy (non-hydrogen) atoms. The zero-order valence-electron chi connectivity index (χ0n) is 10.1. The smallest absolute Gasteiger partial charge is 0.326 e. The lowest BCUT2D eigenvalue weighted by Gasteiger charge is -2.14. The van der Waals surface area contributed by atoms with E-state index in [9.17, 15) is 9.59 Å². The fourth-order valence-corrected chi connectivity index (χ4v) is 1.67. The van der Waals surface area contributed by atoms with Crippen molar-refractivity contribution in [2.24, 2.45) is 0 Å². The van der Waals surface area contributed by atoms with Gasteiger partial charge < -0.3 is 15.0 Å². The summed E-state index contributed by atoms with van der Waals surface area (Å²) in [7, 11) is 0. The van der Waals surface area contributed by atoms with Gasteiger partial charge in [-0.2, -0.15) is 0 Å². The molecule has 0 saturated carbocycles. The van der Waals surface area contributed by atoms with Gasteiger partial charge in [-0.1, -0.05) is 13.3 Å². The summed E-state index contributed by atoms with van der Waals surface area (Å²) in [5.41, 5.74) is 0.495. The Morgan fingerprint density at radius 1 is 1.47 bits per heavy atom. The third-order valence-electron chi connectivity index (χ3n) is 2.58. The Morgan fingerprint density at radius 2 is 2.18 bits per heavy atom. The first-order valence-electron chi connectivity index (χ1n) is 5.79. The molecule has 94 valence electrons. The van der Waals surface area contributed by atoms with Crippen LogP contribution in [0.3, 0.4) is 0 Å². The number of aliphatic carboxylic acids is 1. The van der Waals surface area contributed by atoms with Gasteiger partial charge in [0.15, 0.2) is 0 Å². The second-order valence-corrected chi connectivity index (χ2v) is 3.83. The van der Waals surface area contributed by atoms with Crippen LogP contribution in [0, 0.1) is 0 Å². The maximum absolute atomic E-state index is 11.9. The van der Waals surface area contributed by atoms with E-state index in [2.05, 4.69) is 5.32 Å². The normalized spacial score (nSPS) is 12.1. The predicted octanol–water partition coefficient (Wildman–Crippen LogP) is 1.49. The van der Waals surface area contributed by atoms with Gasteiger partial charge in [-0.25, -0.2) is 4.79 Å². The van der Waals surface area contributed by atoms with Crippen LogP contribution in [-0.2, 0) is 11.3 Å². The Balaban J connectivity index is 2.73. The zero-order valence-corrected chi connectivity index (χ0v) is 10.1. The molecule has 2 N–H and O–H groups in total. The van der Waals surface area contributed by atoms with Gasteiger partial charge in [0, 0.05) is 12.7 Å². The van der Waals surface area contributed by atoms with Crippen LogP contribution in [0.1, 0.15) is 37.2 Å². The lowest BCUT2D eigenvalue weighted by molar-refractivity contribution is -0.139. The molecule has 0 aliphatic carbocycles. The molecule has 1 unspecified atom stereocenters. The number of amides is 1. The summed E-state index contributed by atoms with van der Waals surface area (Å²) in [6.45, 7) is 4.50. The van der Waals surface area contributed by atoms with Crippen molar-refractivity contribution < 1.29 is 14.7 Å². The van der Waals surface area contributed by atoms with Crippen LogP contribution >= 0.6 is 0 Å². The molecule has 1 aromatic rings. The molecule has 1 aromatic heterocycles. The maximum atomic E-state index is 11.9. The van der Waals surface area contributed by atoms with E-state index in [1.165, 1.54) is 0 Å². The van der Waals surface area contributed by atoms with Gasteiger partial charge in [0.1, 0.15) is 11.7 Å². The van der Waals surface area contributed by atoms with Crippen LogP contribution in [0.4, 0.5) is 0 Å². The molecule has 0 fully saturated rings. The van der Waals surface area contributed by atoms with Crippen LogP contribution < -0.4 is 5.32 Å². The van der Waals surface area contributed by atoms with Gasteiger partial charge >= 0.3 is 5.97 Å². The van der Waals surface area contributed by atoms with Crippen molar-refractivity contribution in [3.8, 4) is 0 Å². The third-order valence-corrected chi connectivity index (χ3v) is 2.58. The molecule has 0 aromatic carbocycles. The molecule has 0 bridgehead atoms. The number of carboxylic acid groups (broad SMARTS) is 1. The number of carboxylic acids is 1. The van der Waals surface area contributed by atoms with Crippen LogP contribution in [-0.4, -0.2) is 27.6 Å². The maximum Gasteiger partial charge on any atom is 0.326 e.